The van der Waals surface area contributed by atoms with Crippen molar-refractivity contribution >= 4 is 29.0 Å². The number of hydrogen-bond acceptors (Lipinski definition) is 4. The van der Waals surface area contributed by atoms with Crippen molar-refractivity contribution < 1.29 is 14.3 Å². The number of ether oxygens (including phenoxy) is 2. The van der Waals surface area contributed by atoms with Crippen LogP contribution in [0, 0.1) is 0 Å². The molecule has 0 aromatic heterocycles. The number of hydrogen-bond donors (Lipinski definition) is 0. The third kappa shape index (κ3) is 3.86. The van der Waals surface area contributed by atoms with Crippen molar-refractivity contribution in [3.8, 4) is 11.5 Å². The zero-order chi connectivity index (χ0) is 14.7. The van der Waals surface area contributed by atoms with Crippen LogP contribution in [-0.4, -0.2) is 45.5 Å². The van der Waals surface area contributed by atoms with E-state index in [9.17, 15) is 4.79 Å². The van der Waals surface area contributed by atoms with Gasteiger partial charge in [-0.3, -0.25) is 4.79 Å². The lowest BCUT2D eigenvalue weighted by Gasteiger charge is -2.11. The molecule has 0 unspecified atom stereocenters. The second-order valence-corrected chi connectivity index (χ2v) is 4.93. The van der Waals surface area contributed by atoms with Gasteiger partial charge >= 0.3 is 0 Å². The van der Waals surface area contributed by atoms with E-state index in [1.165, 1.54) is 0 Å². The van der Waals surface area contributed by atoms with Gasteiger partial charge in [0.05, 0.1) is 20.8 Å². The Morgan fingerprint density at radius 1 is 1.00 bits per heavy atom. The summed E-state index contributed by atoms with van der Waals surface area (Å²) < 4.78 is 10.6. The van der Waals surface area contributed by atoms with Crippen molar-refractivity contribution in [2.45, 2.75) is 0 Å². The number of methoxy groups -OCH3 is 2. The van der Waals surface area contributed by atoms with Crippen LogP contribution in [0.25, 0.3) is 10.8 Å². The Balaban J connectivity index is 0.00000220. The van der Waals surface area contributed by atoms with Gasteiger partial charge in [0.1, 0.15) is 0 Å². The van der Waals surface area contributed by atoms with E-state index in [1.54, 1.807) is 14.2 Å². The lowest BCUT2D eigenvalue weighted by atomic mass is 10.0. The molecule has 0 saturated heterocycles. The van der Waals surface area contributed by atoms with E-state index in [0.29, 0.717) is 23.6 Å². The molecule has 0 bridgehead atoms. The topological polar surface area (TPSA) is 38.8 Å². The number of Topliss-reactive ketones (excluding diaryl/α,β-unsaturated/α-hetero) is 1. The van der Waals surface area contributed by atoms with E-state index < -0.39 is 0 Å². The van der Waals surface area contributed by atoms with E-state index in [-0.39, 0.29) is 18.2 Å². The lowest BCUT2D eigenvalue weighted by Crippen LogP contribution is -2.21. The number of carbonyl (C=O) groups is 1. The van der Waals surface area contributed by atoms with Crippen molar-refractivity contribution in [1.29, 1.82) is 0 Å². The highest BCUT2D eigenvalue weighted by molar-refractivity contribution is 6.01. The maximum Gasteiger partial charge on any atom is 0.176 e. The minimum atomic E-state index is 0. The molecule has 21 heavy (non-hydrogen) atoms. The van der Waals surface area contributed by atoms with Crippen molar-refractivity contribution in [3.05, 3.63) is 35.9 Å². The summed E-state index contributed by atoms with van der Waals surface area (Å²) in [6, 6.07) is 9.47. The molecule has 0 amide bonds. The molecule has 0 aliphatic rings. The molecule has 0 saturated carbocycles. The van der Waals surface area contributed by atoms with Crippen LogP contribution in [-0.2, 0) is 0 Å². The van der Waals surface area contributed by atoms with Gasteiger partial charge in [-0.1, -0.05) is 12.1 Å². The molecular formula is C16H20ClNO3. The van der Waals surface area contributed by atoms with Crippen LogP contribution in [0.1, 0.15) is 10.4 Å². The summed E-state index contributed by atoms with van der Waals surface area (Å²) in [4.78, 5) is 13.9. The molecule has 0 aliphatic heterocycles. The third-order valence-electron chi connectivity index (χ3n) is 3.12. The molecule has 0 heterocycles. The number of likely N-dealkylation sites (N-methyl/N-ethyl adjacent to an activating group) is 1. The third-order valence-corrected chi connectivity index (χ3v) is 3.12. The number of carbonyl (C=O) groups excluding carboxylic acids is 1. The largest absolute Gasteiger partial charge is 0.493 e. The molecule has 114 valence electrons. The van der Waals surface area contributed by atoms with E-state index in [2.05, 4.69) is 0 Å². The van der Waals surface area contributed by atoms with E-state index in [1.807, 2.05) is 49.3 Å². The summed E-state index contributed by atoms with van der Waals surface area (Å²) in [5.41, 5.74) is 0.707. The second-order valence-electron chi connectivity index (χ2n) is 4.93. The van der Waals surface area contributed by atoms with Crippen molar-refractivity contribution in [3.63, 3.8) is 0 Å². The van der Waals surface area contributed by atoms with E-state index in [4.69, 9.17) is 9.47 Å². The first-order valence-corrected chi connectivity index (χ1v) is 6.39. The lowest BCUT2D eigenvalue weighted by molar-refractivity contribution is 0.0958. The fraction of sp³-hybridized carbons (Fsp3) is 0.312. The number of rotatable bonds is 5. The number of ketones is 1. The minimum absolute atomic E-state index is 0. The predicted molar refractivity (Wildman–Crippen MR) is 87.2 cm³/mol. The SMILES string of the molecule is COc1cc2ccc(C(=O)CN(C)C)cc2cc1OC.Cl. The molecule has 0 N–H and O–H groups in total. The Morgan fingerprint density at radius 2 is 1.57 bits per heavy atom. The molecular weight excluding hydrogens is 290 g/mol. The average Bonchev–Trinajstić information content (AvgIpc) is 2.44. The van der Waals surface area contributed by atoms with Crippen molar-refractivity contribution in [2.24, 2.45) is 0 Å². The van der Waals surface area contributed by atoms with E-state index >= 15 is 0 Å². The van der Waals surface area contributed by atoms with Gasteiger partial charge in [-0.05, 0) is 43.1 Å². The summed E-state index contributed by atoms with van der Waals surface area (Å²) in [6.45, 7) is 0.402. The van der Waals surface area contributed by atoms with Gasteiger partial charge in [-0.25, -0.2) is 0 Å². The smallest absolute Gasteiger partial charge is 0.176 e. The van der Waals surface area contributed by atoms with Gasteiger partial charge in [0, 0.05) is 5.56 Å². The maximum absolute atomic E-state index is 12.1. The summed E-state index contributed by atoms with van der Waals surface area (Å²) in [5.74, 6) is 1.45. The summed E-state index contributed by atoms with van der Waals surface area (Å²) in [6.07, 6.45) is 0. The fourth-order valence-electron chi connectivity index (χ4n) is 2.13. The predicted octanol–water partition coefficient (Wildman–Crippen LogP) is 3.02. The first kappa shape index (κ1) is 17.3. The van der Waals surface area contributed by atoms with Gasteiger partial charge in [-0.15, -0.1) is 12.4 Å². The Kier molecular flexibility index (Phi) is 6.00. The number of halogens is 1. The van der Waals surface area contributed by atoms with Crippen LogP contribution in [0.5, 0.6) is 11.5 Å². The first-order chi connectivity index (χ1) is 9.55. The molecule has 0 spiro atoms. The number of nitrogens with zero attached hydrogens (tertiary/aromatic N) is 1. The molecule has 0 radical (unpaired) electrons. The van der Waals surface area contributed by atoms with Gasteiger partial charge in [0.15, 0.2) is 17.3 Å². The van der Waals surface area contributed by atoms with Gasteiger partial charge in [0.25, 0.3) is 0 Å². The molecule has 2 rings (SSSR count). The molecule has 2 aromatic rings. The quantitative estimate of drug-likeness (QED) is 0.796. The highest BCUT2D eigenvalue weighted by Crippen LogP contribution is 2.32. The number of fused-ring (bicyclic) bond motifs is 1. The normalized spacial score (nSPS) is 10.3. The Labute approximate surface area is 131 Å². The van der Waals surface area contributed by atoms with Crippen LogP contribution < -0.4 is 9.47 Å². The van der Waals surface area contributed by atoms with Crippen molar-refractivity contribution in [2.75, 3.05) is 34.9 Å². The second kappa shape index (κ2) is 7.29. The van der Waals surface area contributed by atoms with Crippen LogP contribution >= 0.6 is 12.4 Å². The van der Waals surface area contributed by atoms with E-state index in [0.717, 1.165) is 10.8 Å². The standard InChI is InChI=1S/C16H19NO3.ClH/c1-17(2)10-14(18)12-6-5-11-8-15(19-3)16(20-4)9-13(11)7-12;/h5-9H,10H2,1-4H3;1H. The molecule has 0 aliphatic carbocycles. The zero-order valence-electron chi connectivity index (χ0n) is 12.7. The first-order valence-electron chi connectivity index (χ1n) is 6.39. The molecule has 0 atom stereocenters. The van der Waals surface area contributed by atoms with Crippen LogP contribution in [0.2, 0.25) is 0 Å². The Morgan fingerprint density at radius 3 is 2.10 bits per heavy atom. The van der Waals surface area contributed by atoms with Crippen LogP contribution in [0.15, 0.2) is 30.3 Å². The fourth-order valence-corrected chi connectivity index (χ4v) is 2.13. The summed E-state index contributed by atoms with van der Waals surface area (Å²) in [5, 5.41) is 1.98. The maximum atomic E-state index is 12.1. The molecule has 5 heteroatoms. The molecule has 2 aromatic carbocycles. The Bertz CT molecular complexity index is 641. The highest BCUT2D eigenvalue weighted by atomic mass is 35.5. The molecule has 0 fully saturated rings. The van der Waals surface area contributed by atoms with Gasteiger partial charge in [0.2, 0.25) is 0 Å². The summed E-state index contributed by atoms with van der Waals surface area (Å²) in [7, 11) is 6.98. The van der Waals surface area contributed by atoms with Crippen LogP contribution in [0.4, 0.5) is 0 Å². The van der Waals surface area contributed by atoms with Gasteiger partial charge < -0.3 is 14.4 Å². The monoisotopic (exact) mass is 309 g/mol. The minimum Gasteiger partial charge on any atom is -0.493 e. The highest BCUT2D eigenvalue weighted by Gasteiger charge is 2.10. The number of benzene rings is 2. The van der Waals surface area contributed by atoms with Gasteiger partial charge in [-0.2, -0.15) is 0 Å². The van der Waals surface area contributed by atoms with Crippen LogP contribution in [0.3, 0.4) is 0 Å². The molecule has 4 nitrogen and oxygen atoms in total. The zero-order valence-corrected chi connectivity index (χ0v) is 13.5. The van der Waals surface area contributed by atoms with Crippen molar-refractivity contribution in [1.82, 2.24) is 4.90 Å². The Hall–Kier alpha value is -1.78. The summed E-state index contributed by atoms with van der Waals surface area (Å²) >= 11 is 0. The average molecular weight is 310 g/mol.